The number of allylic oxidation sites excluding steroid dienone is 1. The van der Waals surface area contributed by atoms with E-state index in [2.05, 4.69) is 47.1 Å². The highest BCUT2D eigenvalue weighted by Crippen LogP contribution is 2.24. The van der Waals surface area contributed by atoms with E-state index in [0.717, 1.165) is 36.1 Å². The zero-order chi connectivity index (χ0) is 25.5. The van der Waals surface area contributed by atoms with Gasteiger partial charge in [-0.15, -0.1) is 19.8 Å². The highest BCUT2D eigenvalue weighted by Gasteiger charge is 2.30. The Morgan fingerprint density at radius 1 is 0.750 bits per heavy atom. The number of halogens is 4. The molecule has 4 rings (SSSR count). The number of rotatable bonds is 4. The van der Waals surface area contributed by atoms with Crippen molar-refractivity contribution in [3.05, 3.63) is 125 Å². The summed E-state index contributed by atoms with van der Waals surface area (Å²) >= 11 is 0. The average molecular weight is 484 g/mol. The molecule has 0 fully saturated rings. The molecule has 0 aromatic heterocycles. The Labute approximate surface area is 207 Å². The van der Waals surface area contributed by atoms with Crippen molar-refractivity contribution in [1.29, 1.82) is 0 Å². The third kappa shape index (κ3) is 6.56. The maximum Gasteiger partial charge on any atom is 0.573 e. The van der Waals surface area contributed by atoms with Gasteiger partial charge in [0.2, 0.25) is 0 Å². The third-order valence-corrected chi connectivity index (χ3v) is 5.33. The van der Waals surface area contributed by atoms with Crippen LogP contribution in [-0.4, -0.2) is 6.36 Å². The summed E-state index contributed by atoms with van der Waals surface area (Å²) < 4.78 is 55.7. The van der Waals surface area contributed by atoms with Crippen molar-refractivity contribution >= 4 is 10.8 Å². The van der Waals surface area contributed by atoms with Crippen LogP contribution in [0.5, 0.6) is 5.75 Å². The minimum absolute atomic E-state index is 0.188. The molecule has 0 saturated carbocycles. The summed E-state index contributed by atoms with van der Waals surface area (Å²) in [5, 5.41) is 1.10. The number of hydrogen-bond donors (Lipinski definition) is 0. The molecule has 0 N–H and O–H groups in total. The highest BCUT2D eigenvalue weighted by atomic mass is 19.4. The molecule has 0 amide bonds. The van der Waals surface area contributed by atoms with E-state index in [1.807, 2.05) is 24.3 Å². The number of aryl methyl sites for hydroxylation is 1. The lowest BCUT2D eigenvalue weighted by Gasteiger charge is -2.08. The van der Waals surface area contributed by atoms with Gasteiger partial charge in [0.05, 0.1) is 5.56 Å². The van der Waals surface area contributed by atoms with Gasteiger partial charge >= 0.3 is 6.36 Å². The number of alkyl halides is 3. The fourth-order valence-corrected chi connectivity index (χ4v) is 3.51. The molecule has 0 heterocycles. The molecule has 0 aliphatic carbocycles. The molecule has 0 radical (unpaired) electrons. The Balaban J connectivity index is 1.50. The molecule has 0 bridgehead atoms. The van der Waals surface area contributed by atoms with Gasteiger partial charge in [-0.25, -0.2) is 4.39 Å². The normalized spacial score (nSPS) is 10.7. The van der Waals surface area contributed by atoms with Gasteiger partial charge in [0, 0.05) is 22.1 Å². The second kappa shape index (κ2) is 10.8. The topological polar surface area (TPSA) is 9.23 Å². The van der Waals surface area contributed by atoms with Gasteiger partial charge in [0.15, 0.2) is 0 Å². The Morgan fingerprint density at radius 3 is 2.03 bits per heavy atom. The van der Waals surface area contributed by atoms with E-state index in [4.69, 9.17) is 0 Å². The minimum Gasteiger partial charge on any atom is -0.406 e. The van der Waals surface area contributed by atoms with Crippen LogP contribution in [-0.2, 0) is 6.42 Å². The molecular formula is C31H20F4O. The van der Waals surface area contributed by atoms with E-state index in [1.54, 1.807) is 24.3 Å². The maximum absolute atomic E-state index is 15.0. The number of ether oxygens (including phenoxy) is 1. The summed E-state index contributed by atoms with van der Waals surface area (Å²) in [5.41, 5.74) is 3.51. The molecule has 36 heavy (non-hydrogen) atoms. The predicted octanol–water partition coefficient (Wildman–Crippen LogP) is 7.80. The Kier molecular flexibility index (Phi) is 7.42. The van der Waals surface area contributed by atoms with E-state index in [1.165, 1.54) is 17.7 Å². The predicted molar refractivity (Wildman–Crippen MR) is 134 cm³/mol. The van der Waals surface area contributed by atoms with Crippen molar-refractivity contribution in [2.75, 3.05) is 0 Å². The number of hydrogen-bond acceptors (Lipinski definition) is 1. The second-order valence-corrected chi connectivity index (χ2v) is 7.96. The van der Waals surface area contributed by atoms with E-state index < -0.39 is 12.2 Å². The zero-order valence-electron chi connectivity index (χ0n) is 19.1. The Hall–Kier alpha value is -4.48. The summed E-state index contributed by atoms with van der Waals surface area (Å²) in [7, 11) is 0. The van der Waals surface area contributed by atoms with Gasteiger partial charge in [0.1, 0.15) is 11.6 Å². The lowest BCUT2D eigenvalue weighted by atomic mass is 10.0. The van der Waals surface area contributed by atoms with Crippen LogP contribution in [0, 0.1) is 29.5 Å². The van der Waals surface area contributed by atoms with Crippen molar-refractivity contribution in [1.82, 2.24) is 0 Å². The fourth-order valence-electron chi connectivity index (χ4n) is 3.51. The zero-order valence-corrected chi connectivity index (χ0v) is 19.1. The van der Waals surface area contributed by atoms with Gasteiger partial charge in [-0.3, -0.25) is 0 Å². The average Bonchev–Trinajstić information content (AvgIpc) is 2.86. The molecule has 1 nitrogen and oxygen atoms in total. The first kappa shape index (κ1) is 24.6. The summed E-state index contributed by atoms with van der Waals surface area (Å²) in [5.74, 6) is 11.0. The molecule has 5 heteroatoms. The Morgan fingerprint density at radius 2 is 1.36 bits per heavy atom. The van der Waals surface area contributed by atoms with Gasteiger partial charge in [0.25, 0.3) is 0 Å². The standard InChI is InChI=1S/C31H20F4O/c1-2-3-4-22-5-7-23(8-6-22)9-10-25-14-20-29-27(21-25)17-16-26(30(29)32)15-11-24-12-18-28(19-13-24)36-31(33,34)35/h2,5-8,12-14,16-21H,1,3-4H2. The van der Waals surface area contributed by atoms with E-state index in [-0.39, 0.29) is 11.3 Å². The summed E-state index contributed by atoms with van der Waals surface area (Å²) in [6.45, 7) is 3.74. The minimum atomic E-state index is -4.76. The molecule has 0 atom stereocenters. The van der Waals surface area contributed by atoms with Crippen molar-refractivity contribution in [2.24, 2.45) is 0 Å². The summed E-state index contributed by atoms with van der Waals surface area (Å²) in [6.07, 6.45) is -0.989. The fraction of sp³-hybridized carbons (Fsp3) is 0.0968. The van der Waals surface area contributed by atoms with Gasteiger partial charge in [-0.1, -0.05) is 54.0 Å². The van der Waals surface area contributed by atoms with Crippen LogP contribution in [0.2, 0.25) is 0 Å². The Bertz CT molecular complexity index is 1510. The smallest absolute Gasteiger partial charge is 0.406 e. The van der Waals surface area contributed by atoms with Gasteiger partial charge in [-0.05, 0) is 78.4 Å². The van der Waals surface area contributed by atoms with E-state index in [0.29, 0.717) is 16.3 Å². The van der Waals surface area contributed by atoms with Crippen LogP contribution < -0.4 is 4.74 Å². The molecule has 0 unspecified atom stereocenters. The number of benzene rings is 4. The largest absolute Gasteiger partial charge is 0.573 e. The summed E-state index contributed by atoms with van der Waals surface area (Å²) in [4.78, 5) is 0. The first-order valence-corrected chi connectivity index (χ1v) is 11.1. The lowest BCUT2D eigenvalue weighted by molar-refractivity contribution is -0.274. The lowest BCUT2D eigenvalue weighted by Crippen LogP contribution is -2.16. The molecule has 4 aromatic carbocycles. The van der Waals surface area contributed by atoms with Crippen molar-refractivity contribution in [3.63, 3.8) is 0 Å². The van der Waals surface area contributed by atoms with E-state index in [9.17, 15) is 13.2 Å². The third-order valence-electron chi connectivity index (χ3n) is 5.33. The number of fused-ring (bicyclic) bond motifs is 1. The molecule has 178 valence electrons. The van der Waals surface area contributed by atoms with Gasteiger partial charge in [-0.2, -0.15) is 0 Å². The van der Waals surface area contributed by atoms with Crippen LogP contribution in [0.3, 0.4) is 0 Å². The molecule has 0 saturated heterocycles. The maximum atomic E-state index is 15.0. The second-order valence-electron chi connectivity index (χ2n) is 7.96. The van der Waals surface area contributed by atoms with Crippen molar-refractivity contribution < 1.29 is 22.3 Å². The van der Waals surface area contributed by atoms with Crippen LogP contribution in [0.15, 0.2) is 91.5 Å². The highest BCUT2D eigenvalue weighted by molar-refractivity contribution is 5.86. The quantitative estimate of drug-likeness (QED) is 0.163. The van der Waals surface area contributed by atoms with E-state index >= 15 is 4.39 Å². The molecule has 4 aromatic rings. The monoisotopic (exact) mass is 484 g/mol. The molecule has 0 aliphatic rings. The van der Waals surface area contributed by atoms with Crippen LogP contribution >= 0.6 is 0 Å². The van der Waals surface area contributed by atoms with Crippen LogP contribution in [0.25, 0.3) is 10.8 Å². The first-order chi connectivity index (χ1) is 17.3. The molecular weight excluding hydrogens is 464 g/mol. The van der Waals surface area contributed by atoms with Gasteiger partial charge < -0.3 is 4.74 Å². The van der Waals surface area contributed by atoms with Crippen molar-refractivity contribution in [3.8, 4) is 29.4 Å². The summed E-state index contributed by atoms with van der Waals surface area (Å²) in [6, 6.07) is 21.7. The molecule has 0 aliphatic heterocycles. The molecule has 0 spiro atoms. The SMILES string of the molecule is C=CCCc1ccc(C#Cc2ccc3c(F)c(C#Cc4ccc(OC(F)(F)F)cc4)ccc3c2)cc1. The van der Waals surface area contributed by atoms with Crippen molar-refractivity contribution in [2.45, 2.75) is 19.2 Å². The first-order valence-electron chi connectivity index (χ1n) is 11.1. The van der Waals surface area contributed by atoms with Crippen LogP contribution in [0.1, 0.15) is 34.2 Å². The van der Waals surface area contributed by atoms with Crippen LogP contribution in [0.4, 0.5) is 17.6 Å².